The van der Waals surface area contributed by atoms with Crippen molar-refractivity contribution in [3.8, 4) is 0 Å². The molecule has 3 nitrogen and oxygen atoms in total. The summed E-state index contributed by atoms with van der Waals surface area (Å²) in [5.41, 5.74) is 2.39. The predicted molar refractivity (Wildman–Crippen MR) is 53.9 cm³/mol. The molecule has 1 heterocycles. The molecule has 1 aromatic heterocycles. The predicted octanol–water partition coefficient (Wildman–Crippen LogP) is 2.45. The Kier molecular flexibility index (Phi) is 1.92. The number of fused-ring (bicyclic) bond motifs is 1. The van der Waals surface area contributed by atoms with Crippen LogP contribution in [0.15, 0.2) is 16.6 Å². The number of carbonyl (C=O) groups is 1. The van der Waals surface area contributed by atoms with Gasteiger partial charge in [-0.2, -0.15) is 0 Å². The van der Waals surface area contributed by atoms with E-state index < -0.39 is 0 Å². The van der Waals surface area contributed by atoms with Crippen LogP contribution in [0, 0.1) is 6.92 Å². The van der Waals surface area contributed by atoms with Crippen LogP contribution in [0.25, 0.3) is 11.0 Å². The van der Waals surface area contributed by atoms with Crippen LogP contribution in [0.2, 0.25) is 0 Å². The first-order chi connectivity index (χ1) is 6.20. The number of H-pyrrole nitrogens is 1. The van der Waals surface area contributed by atoms with Gasteiger partial charge in [0.15, 0.2) is 0 Å². The molecule has 0 amide bonds. The second kappa shape index (κ2) is 2.96. The number of aromatic nitrogens is 2. The Labute approximate surface area is 83.3 Å². The van der Waals surface area contributed by atoms with Crippen molar-refractivity contribution < 1.29 is 4.79 Å². The summed E-state index contributed by atoms with van der Waals surface area (Å²) in [6, 6.07) is 3.54. The van der Waals surface area contributed by atoms with Crippen molar-refractivity contribution in [2.24, 2.45) is 0 Å². The Morgan fingerprint density at radius 2 is 2.31 bits per heavy atom. The van der Waals surface area contributed by atoms with E-state index in [-0.39, 0.29) is 0 Å². The number of aromatic amines is 1. The number of hydrogen-bond acceptors (Lipinski definition) is 2. The third-order valence-corrected chi connectivity index (χ3v) is 2.42. The summed E-state index contributed by atoms with van der Waals surface area (Å²) in [6.45, 7) is 1.88. The highest BCUT2D eigenvalue weighted by Gasteiger charge is 2.05. The first-order valence-electron chi connectivity index (χ1n) is 3.82. The molecule has 0 atom stereocenters. The van der Waals surface area contributed by atoms with Gasteiger partial charge < -0.3 is 4.98 Å². The van der Waals surface area contributed by atoms with Gasteiger partial charge in [0.05, 0.1) is 5.52 Å². The lowest BCUT2D eigenvalue weighted by Gasteiger charge is -1.93. The van der Waals surface area contributed by atoms with Crippen LogP contribution >= 0.6 is 15.9 Å². The van der Waals surface area contributed by atoms with Crippen molar-refractivity contribution >= 4 is 33.2 Å². The largest absolute Gasteiger partial charge is 0.342 e. The molecule has 0 bridgehead atoms. The van der Waals surface area contributed by atoms with E-state index in [1.54, 1.807) is 12.1 Å². The summed E-state index contributed by atoms with van der Waals surface area (Å²) in [6.07, 6.45) is 0.820. The van der Waals surface area contributed by atoms with Crippen LogP contribution in [-0.4, -0.2) is 16.3 Å². The summed E-state index contributed by atoms with van der Waals surface area (Å²) in [4.78, 5) is 17.9. The Balaban J connectivity index is 2.82. The van der Waals surface area contributed by atoms with E-state index in [0.717, 1.165) is 27.6 Å². The number of carbonyl (C=O) groups excluding carboxylic acids is 1. The maximum Gasteiger partial charge on any atom is 0.150 e. The number of imidazole rings is 1. The third-order valence-electron chi connectivity index (χ3n) is 1.82. The molecule has 0 unspecified atom stereocenters. The van der Waals surface area contributed by atoms with Crippen molar-refractivity contribution in [2.45, 2.75) is 6.92 Å². The topological polar surface area (TPSA) is 45.8 Å². The quantitative estimate of drug-likeness (QED) is 0.777. The Hall–Kier alpha value is -1.16. The lowest BCUT2D eigenvalue weighted by molar-refractivity contribution is 0.112. The average Bonchev–Trinajstić information content (AvgIpc) is 2.46. The van der Waals surface area contributed by atoms with Crippen molar-refractivity contribution in [3.63, 3.8) is 0 Å². The summed E-state index contributed by atoms with van der Waals surface area (Å²) >= 11 is 3.36. The highest BCUT2D eigenvalue weighted by molar-refractivity contribution is 9.10. The molecule has 1 N–H and O–H groups in total. The number of nitrogens with zero attached hydrogens (tertiary/aromatic N) is 1. The average molecular weight is 239 g/mol. The fourth-order valence-electron chi connectivity index (χ4n) is 1.29. The fourth-order valence-corrected chi connectivity index (χ4v) is 1.85. The molecular weight excluding hydrogens is 232 g/mol. The molecular formula is C9H7BrN2O. The van der Waals surface area contributed by atoms with Crippen LogP contribution in [-0.2, 0) is 0 Å². The minimum atomic E-state index is 0.642. The van der Waals surface area contributed by atoms with Gasteiger partial charge in [0.2, 0.25) is 0 Å². The highest BCUT2D eigenvalue weighted by atomic mass is 79.9. The molecule has 0 aliphatic rings. The van der Waals surface area contributed by atoms with Gasteiger partial charge in [0, 0.05) is 10.0 Å². The van der Waals surface area contributed by atoms with Crippen LogP contribution in [0.1, 0.15) is 16.2 Å². The van der Waals surface area contributed by atoms with Crippen LogP contribution in [0.5, 0.6) is 0 Å². The summed E-state index contributed by atoms with van der Waals surface area (Å²) < 4.78 is 0.844. The van der Waals surface area contributed by atoms with Gasteiger partial charge in [-0.05, 0) is 35.0 Å². The van der Waals surface area contributed by atoms with Crippen LogP contribution in [0.3, 0.4) is 0 Å². The van der Waals surface area contributed by atoms with Gasteiger partial charge in [-0.15, -0.1) is 0 Å². The van der Waals surface area contributed by atoms with E-state index in [4.69, 9.17) is 0 Å². The lowest BCUT2D eigenvalue weighted by Crippen LogP contribution is -1.80. The van der Waals surface area contributed by atoms with E-state index in [2.05, 4.69) is 25.9 Å². The second-order valence-electron chi connectivity index (χ2n) is 2.84. The maximum atomic E-state index is 10.6. The molecule has 0 spiro atoms. The molecule has 4 heteroatoms. The molecule has 0 aliphatic heterocycles. The molecule has 0 fully saturated rings. The Morgan fingerprint density at radius 1 is 1.54 bits per heavy atom. The molecule has 0 saturated heterocycles. The summed E-state index contributed by atoms with van der Waals surface area (Å²) in [7, 11) is 0. The van der Waals surface area contributed by atoms with Crippen molar-refractivity contribution in [1.82, 2.24) is 9.97 Å². The van der Waals surface area contributed by atoms with E-state index in [1.807, 2.05) is 6.92 Å². The number of hydrogen-bond donors (Lipinski definition) is 1. The van der Waals surface area contributed by atoms with Crippen molar-refractivity contribution in [1.29, 1.82) is 0 Å². The van der Waals surface area contributed by atoms with Gasteiger partial charge in [0.1, 0.15) is 17.6 Å². The first-order valence-corrected chi connectivity index (χ1v) is 4.61. The number of aldehydes is 1. The molecule has 1 aromatic carbocycles. The van der Waals surface area contributed by atoms with E-state index in [1.165, 1.54) is 0 Å². The summed E-state index contributed by atoms with van der Waals surface area (Å²) in [5.74, 6) is 0.846. The molecule has 2 rings (SSSR count). The Bertz CT molecular complexity index is 476. The minimum absolute atomic E-state index is 0.642. The molecule has 66 valence electrons. The highest BCUT2D eigenvalue weighted by Crippen LogP contribution is 2.23. The van der Waals surface area contributed by atoms with Gasteiger partial charge in [0.25, 0.3) is 0 Å². The Morgan fingerprint density at radius 3 is 3.00 bits per heavy atom. The zero-order valence-corrected chi connectivity index (χ0v) is 8.55. The van der Waals surface area contributed by atoms with Gasteiger partial charge >= 0.3 is 0 Å². The van der Waals surface area contributed by atoms with Gasteiger partial charge in [-0.25, -0.2) is 4.98 Å². The van der Waals surface area contributed by atoms with Crippen LogP contribution in [0.4, 0.5) is 0 Å². The molecule has 2 aromatic rings. The van der Waals surface area contributed by atoms with Crippen LogP contribution < -0.4 is 0 Å². The number of aryl methyl sites for hydroxylation is 1. The monoisotopic (exact) mass is 238 g/mol. The molecule has 13 heavy (non-hydrogen) atoms. The van der Waals surface area contributed by atoms with Crippen molar-refractivity contribution in [3.05, 3.63) is 28.0 Å². The number of rotatable bonds is 1. The van der Waals surface area contributed by atoms with E-state index in [0.29, 0.717) is 5.56 Å². The number of halogens is 1. The maximum absolute atomic E-state index is 10.6. The van der Waals surface area contributed by atoms with Crippen molar-refractivity contribution in [2.75, 3.05) is 0 Å². The SMILES string of the molecule is Cc1nc2c(Br)cc(C=O)cc2[nH]1. The molecule has 0 aliphatic carbocycles. The standard InChI is InChI=1S/C9H7BrN2O/c1-5-11-8-3-6(4-13)2-7(10)9(8)12-5/h2-4H,1H3,(H,11,12). The van der Waals surface area contributed by atoms with E-state index in [9.17, 15) is 4.79 Å². The zero-order valence-electron chi connectivity index (χ0n) is 6.97. The van der Waals surface area contributed by atoms with Gasteiger partial charge in [-0.3, -0.25) is 4.79 Å². The first kappa shape index (κ1) is 8.44. The third kappa shape index (κ3) is 1.37. The normalized spacial score (nSPS) is 10.6. The molecule has 0 radical (unpaired) electrons. The zero-order chi connectivity index (χ0) is 9.42. The lowest BCUT2D eigenvalue weighted by atomic mass is 10.2. The number of benzene rings is 1. The minimum Gasteiger partial charge on any atom is -0.342 e. The summed E-state index contributed by atoms with van der Waals surface area (Å²) in [5, 5.41) is 0. The van der Waals surface area contributed by atoms with E-state index >= 15 is 0 Å². The van der Waals surface area contributed by atoms with Gasteiger partial charge in [-0.1, -0.05) is 0 Å². The fraction of sp³-hybridized carbons (Fsp3) is 0.111. The molecule has 0 saturated carbocycles. The smallest absolute Gasteiger partial charge is 0.150 e. The second-order valence-corrected chi connectivity index (χ2v) is 3.69. The number of nitrogens with one attached hydrogen (secondary N) is 1.